The second-order valence-electron chi connectivity index (χ2n) is 7.03. The maximum absolute atomic E-state index is 12.5. The molecule has 5 nitrogen and oxygen atoms in total. The third kappa shape index (κ3) is 3.68. The number of piperidine rings is 1. The lowest BCUT2D eigenvalue weighted by Gasteiger charge is -2.39. The van der Waals surface area contributed by atoms with Crippen LogP contribution >= 0.6 is 28.3 Å². The highest BCUT2D eigenvalue weighted by Crippen LogP contribution is 2.29. The number of aromatic amines is 1. The number of benzene rings is 1. The van der Waals surface area contributed by atoms with Crippen LogP contribution in [0.3, 0.4) is 0 Å². The number of ether oxygens (including phenoxy) is 1. The van der Waals surface area contributed by atoms with Crippen molar-refractivity contribution in [3.63, 3.8) is 0 Å². The predicted molar refractivity (Wildman–Crippen MR) is 106 cm³/mol. The number of hydrogen-bond donors (Lipinski definition) is 1. The number of rotatable bonds is 2. The van der Waals surface area contributed by atoms with Gasteiger partial charge in [-0.15, -0.1) is 12.4 Å². The van der Waals surface area contributed by atoms with E-state index >= 15 is 0 Å². The fourth-order valence-electron chi connectivity index (χ4n) is 4.17. The van der Waals surface area contributed by atoms with Gasteiger partial charge < -0.3 is 14.6 Å². The Labute approximate surface area is 162 Å². The predicted octanol–water partition coefficient (Wildman–Crippen LogP) is 3.64. The highest BCUT2D eigenvalue weighted by Gasteiger charge is 2.28. The van der Waals surface area contributed by atoms with Gasteiger partial charge >= 0.3 is 5.69 Å². The summed E-state index contributed by atoms with van der Waals surface area (Å²) in [5, 5.41) is 0. The van der Waals surface area contributed by atoms with Crippen LogP contribution in [0.1, 0.15) is 37.3 Å². The molecule has 2 saturated heterocycles. The van der Waals surface area contributed by atoms with Crippen LogP contribution in [0.15, 0.2) is 21.4 Å². The molecule has 0 unspecified atom stereocenters. The van der Waals surface area contributed by atoms with E-state index in [1.807, 2.05) is 10.6 Å². The maximum atomic E-state index is 12.5. The minimum Gasteiger partial charge on any atom is -0.381 e. The molecule has 1 N–H and O–H groups in total. The Balaban J connectivity index is 0.00000182. The van der Waals surface area contributed by atoms with Gasteiger partial charge in [-0.3, -0.25) is 4.57 Å². The summed E-state index contributed by atoms with van der Waals surface area (Å²) < 4.78 is 8.50. The van der Waals surface area contributed by atoms with Crippen LogP contribution in [-0.2, 0) is 4.74 Å². The zero-order valence-corrected chi connectivity index (χ0v) is 16.9. The van der Waals surface area contributed by atoms with Gasteiger partial charge in [-0.05, 0) is 50.3 Å². The summed E-state index contributed by atoms with van der Waals surface area (Å²) in [6.07, 6.45) is 4.37. The molecule has 0 bridgehead atoms. The smallest absolute Gasteiger partial charge is 0.326 e. The second kappa shape index (κ2) is 7.82. The number of nitrogens with one attached hydrogen (secondary N) is 1. The number of aromatic nitrogens is 2. The monoisotopic (exact) mass is 429 g/mol. The third-order valence-corrected chi connectivity index (χ3v) is 6.42. The first-order valence-corrected chi connectivity index (χ1v) is 9.65. The molecule has 3 heterocycles. The van der Waals surface area contributed by atoms with Crippen molar-refractivity contribution in [3.05, 3.63) is 32.7 Å². The quantitative estimate of drug-likeness (QED) is 0.791. The van der Waals surface area contributed by atoms with E-state index in [1.54, 1.807) is 0 Å². The van der Waals surface area contributed by atoms with Gasteiger partial charge in [0.2, 0.25) is 0 Å². The molecular formula is C18H25BrClN3O2. The topological polar surface area (TPSA) is 50.3 Å². The molecule has 1 aromatic carbocycles. The Morgan fingerprint density at radius 1 is 1.12 bits per heavy atom. The van der Waals surface area contributed by atoms with Crippen LogP contribution in [0.4, 0.5) is 0 Å². The SMILES string of the molecule is Cc1cc2c(cc1Br)[nH]c(=O)n2C1CCN(C2CCOCC2)CC1.Cl. The number of hydrogen-bond acceptors (Lipinski definition) is 3. The number of aryl methyl sites for hydroxylation is 1. The molecule has 2 aliphatic rings. The molecule has 0 saturated carbocycles. The molecule has 4 rings (SSSR count). The number of halogens is 2. The Bertz CT molecular complexity index is 789. The zero-order valence-electron chi connectivity index (χ0n) is 14.5. The largest absolute Gasteiger partial charge is 0.381 e. The molecule has 2 aromatic rings. The second-order valence-corrected chi connectivity index (χ2v) is 7.88. The van der Waals surface area contributed by atoms with Crippen molar-refractivity contribution in [1.29, 1.82) is 0 Å². The number of imidazole rings is 1. The fourth-order valence-corrected chi connectivity index (χ4v) is 4.52. The summed E-state index contributed by atoms with van der Waals surface area (Å²) in [6.45, 7) is 5.99. The molecule has 0 atom stereocenters. The molecule has 2 fully saturated rings. The molecule has 138 valence electrons. The number of fused-ring (bicyclic) bond motifs is 1. The van der Waals surface area contributed by atoms with Crippen molar-refractivity contribution in [1.82, 2.24) is 14.5 Å². The minimum absolute atomic E-state index is 0. The fraction of sp³-hybridized carbons (Fsp3) is 0.611. The van der Waals surface area contributed by atoms with Crippen LogP contribution in [0.2, 0.25) is 0 Å². The lowest BCUT2D eigenvalue weighted by Crippen LogP contribution is -2.45. The molecule has 25 heavy (non-hydrogen) atoms. The van der Waals surface area contributed by atoms with E-state index in [9.17, 15) is 4.79 Å². The van der Waals surface area contributed by atoms with E-state index in [0.29, 0.717) is 12.1 Å². The van der Waals surface area contributed by atoms with Crippen LogP contribution in [0.5, 0.6) is 0 Å². The van der Waals surface area contributed by atoms with E-state index < -0.39 is 0 Å². The van der Waals surface area contributed by atoms with E-state index in [2.05, 4.69) is 38.8 Å². The Morgan fingerprint density at radius 3 is 2.48 bits per heavy atom. The normalized spacial score (nSPS) is 20.7. The van der Waals surface area contributed by atoms with Gasteiger partial charge in [0.1, 0.15) is 0 Å². The average molecular weight is 431 g/mol. The van der Waals surface area contributed by atoms with Gasteiger partial charge in [0.25, 0.3) is 0 Å². The number of likely N-dealkylation sites (tertiary alicyclic amines) is 1. The van der Waals surface area contributed by atoms with Crippen molar-refractivity contribution in [2.45, 2.75) is 44.7 Å². The highest BCUT2D eigenvalue weighted by atomic mass is 79.9. The van der Waals surface area contributed by atoms with Crippen molar-refractivity contribution >= 4 is 39.4 Å². The van der Waals surface area contributed by atoms with Crippen molar-refractivity contribution in [3.8, 4) is 0 Å². The Hall–Kier alpha value is -0.820. The lowest BCUT2D eigenvalue weighted by molar-refractivity contribution is 0.0220. The molecular weight excluding hydrogens is 406 g/mol. The average Bonchev–Trinajstić information content (AvgIpc) is 2.91. The van der Waals surface area contributed by atoms with Crippen LogP contribution in [-0.4, -0.2) is 46.8 Å². The van der Waals surface area contributed by atoms with Gasteiger partial charge in [-0.1, -0.05) is 15.9 Å². The molecule has 0 radical (unpaired) electrons. The Kier molecular flexibility index (Phi) is 5.93. The first kappa shape index (κ1) is 19.0. The van der Waals surface area contributed by atoms with Gasteiger partial charge in [0, 0.05) is 42.9 Å². The molecule has 7 heteroatoms. The lowest BCUT2D eigenvalue weighted by atomic mass is 9.99. The van der Waals surface area contributed by atoms with E-state index in [4.69, 9.17) is 4.74 Å². The molecule has 0 aliphatic carbocycles. The third-order valence-electron chi connectivity index (χ3n) is 5.57. The van der Waals surface area contributed by atoms with Gasteiger partial charge in [-0.25, -0.2) is 4.79 Å². The highest BCUT2D eigenvalue weighted by molar-refractivity contribution is 9.10. The summed E-state index contributed by atoms with van der Waals surface area (Å²) in [5.74, 6) is 0. The summed E-state index contributed by atoms with van der Waals surface area (Å²) in [6, 6.07) is 5.09. The van der Waals surface area contributed by atoms with Crippen LogP contribution in [0.25, 0.3) is 11.0 Å². The van der Waals surface area contributed by atoms with E-state index in [-0.39, 0.29) is 18.1 Å². The summed E-state index contributed by atoms with van der Waals surface area (Å²) in [7, 11) is 0. The van der Waals surface area contributed by atoms with Gasteiger partial charge in [0.05, 0.1) is 11.0 Å². The summed E-state index contributed by atoms with van der Waals surface area (Å²) >= 11 is 3.55. The van der Waals surface area contributed by atoms with Crippen LogP contribution in [0, 0.1) is 6.92 Å². The first-order valence-electron chi connectivity index (χ1n) is 8.85. The molecule has 0 spiro atoms. The number of H-pyrrole nitrogens is 1. The molecule has 0 amide bonds. The maximum Gasteiger partial charge on any atom is 0.326 e. The van der Waals surface area contributed by atoms with Crippen molar-refractivity contribution in [2.75, 3.05) is 26.3 Å². The summed E-state index contributed by atoms with van der Waals surface area (Å²) in [4.78, 5) is 18.1. The molecule has 2 aliphatic heterocycles. The summed E-state index contributed by atoms with van der Waals surface area (Å²) in [5.41, 5.74) is 3.14. The number of nitrogens with zero attached hydrogens (tertiary/aromatic N) is 2. The standard InChI is InChI=1S/C18H24BrN3O2.ClH/c1-12-10-17-16(11-15(12)19)20-18(23)22(17)14-2-6-21(7-3-14)13-4-8-24-9-5-13;/h10-11,13-14H,2-9H2,1H3,(H,20,23);1H. The van der Waals surface area contributed by atoms with Crippen LogP contribution < -0.4 is 5.69 Å². The van der Waals surface area contributed by atoms with E-state index in [0.717, 1.165) is 73.1 Å². The zero-order chi connectivity index (χ0) is 16.7. The first-order chi connectivity index (χ1) is 11.6. The van der Waals surface area contributed by atoms with E-state index in [1.165, 1.54) is 0 Å². The van der Waals surface area contributed by atoms with Gasteiger partial charge in [-0.2, -0.15) is 0 Å². The molecule has 1 aromatic heterocycles. The van der Waals surface area contributed by atoms with Gasteiger partial charge in [0.15, 0.2) is 0 Å². The van der Waals surface area contributed by atoms with Crippen molar-refractivity contribution in [2.24, 2.45) is 0 Å². The Morgan fingerprint density at radius 2 is 1.80 bits per heavy atom. The van der Waals surface area contributed by atoms with Crippen molar-refractivity contribution < 1.29 is 4.74 Å². The minimum atomic E-state index is 0.